The van der Waals surface area contributed by atoms with Crippen molar-refractivity contribution in [2.45, 2.75) is 37.9 Å². The van der Waals surface area contributed by atoms with Crippen LogP contribution >= 0.6 is 23.8 Å². The van der Waals surface area contributed by atoms with Gasteiger partial charge in [-0.2, -0.15) is 18.3 Å². The van der Waals surface area contributed by atoms with Crippen molar-refractivity contribution in [3.63, 3.8) is 0 Å². The molecule has 0 spiro atoms. The smallest absolute Gasteiger partial charge is 0.362 e. The highest BCUT2D eigenvalue weighted by molar-refractivity contribution is 7.80. The van der Waals surface area contributed by atoms with Crippen molar-refractivity contribution in [1.82, 2.24) is 15.1 Å². The molecule has 1 aliphatic rings. The van der Waals surface area contributed by atoms with Gasteiger partial charge < -0.3 is 10.6 Å². The summed E-state index contributed by atoms with van der Waals surface area (Å²) in [7, 11) is 0. The lowest BCUT2D eigenvalue weighted by atomic mass is 10.2. The van der Waals surface area contributed by atoms with Crippen LogP contribution in [0.15, 0.2) is 30.3 Å². The van der Waals surface area contributed by atoms with Crippen molar-refractivity contribution in [3.8, 4) is 0 Å². The summed E-state index contributed by atoms with van der Waals surface area (Å²) in [5, 5.41) is 10.7. The second kappa shape index (κ2) is 7.84. The molecule has 0 atom stereocenters. The number of anilines is 1. The molecule has 0 unspecified atom stereocenters. The van der Waals surface area contributed by atoms with Crippen LogP contribution in [0.1, 0.15) is 36.6 Å². The number of nitrogens with one attached hydrogen (secondary N) is 2. The van der Waals surface area contributed by atoms with Gasteiger partial charge in [-0.1, -0.05) is 23.7 Å². The van der Waals surface area contributed by atoms with E-state index in [9.17, 15) is 13.2 Å². The van der Waals surface area contributed by atoms with E-state index in [-0.39, 0.29) is 5.92 Å². The fourth-order valence-electron chi connectivity index (χ4n) is 2.62. The molecule has 3 rings (SSSR count). The Morgan fingerprint density at radius 2 is 2.04 bits per heavy atom. The molecule has 26 heavy (non-hydrogen) atoms. The van der Waals surface area contributed by atoms with E-state index in [1.54, 1.807) is 12.1 Å². The maximum atomic E-state index is 12.9. The van der Waals surface area contributed by atoms with Crippen molar-refractivity contribution < 1.29 is 13.2 Å². The minimum absolute atomic E-state index is 0.203. The highest BCUT2D eigenvalue weighted by Crippen LogP contribution is 2.42. The van der Waals surface area contributed by atoms with E-state index in [1.165, 1.54) is 10.7 Å². The first-order valence-corrected chi connectivity index (χ1v) is 9.07. The van der Waals surface area contributed by atoms with Gasteiger partial charge >= 0.3 is 6.18 Å². The van der Waals surface area contributed by atoms with Gasteiger partial charge in [-0.15, -0.1) is 0 Å². The zero-order valence-electron chi connectivity index (χ0n) is 13.8. The Labute approximate surface area is 159 Å². The van der Waals surface area contributed by atoms with E-state index in [0.29, 0.717) is 41.0 Å². The maximum absolute atomic E-state index is 12.9. The van der Waals surface area contributed by atoms with Crippen LogP contribution in [0.25, 0.3) is 0 Å². The SMILES string of the molecule is FC(F)(F)c1cc(C2CC2)n(CCCNC(=S)Nc2ccccc2Cl)n1. The predicted octanol–water partition coefficient (Wildman–Crippen LogP) is 4.81. The van der Waals surface area contributed by atoms with Crippen LogP contribution in [0.5, 0.6) is 0 Å². The minimum atomic E-state index is -4.41. The van der Waals surface area contributed by atoms with Crippen molar-refractivity contribution in [3.05, 3.63) is 46.7 Å². The molecule has 140 valence electrons. The van der Waals surface area contributed by atoms with Crippen LogP contribution in [-0.2, 0) is 12.7 Å². The lowest BCUT2D eigenvalue weighted by Crippen LogP contribution is -2.30. The van der Waals surface area contributed by atoms with Gasteiger partial charge in [-0.05, 0) is 49.7 Å². The van der Waals surface area contributed by atoms with Gasteiger partial charge in [0.15, 0.2) is 10.8 Å². The summed E-state index contributed by atoms with van der Waals surface area (Å²) in [4.78, 5) is 0. The molecule has 0 aliphatic heterocycles. The fourth-order valence-corrected chi connectivity index (χ4v) is 3.01. The van der Waals surface area contributed by atoms with E-state index in [4.69, 9.17) is 23.8 Å². The van der Waals surface area contributed by atoms with Crippen LogP contribution in [-0.4, -0.2) is 21.4 Å². The largest absolute Gasteiger partial charge is 0.435 e. The van der Waals surface area contributed by atoms with Gasteiger partial charge in [0.1, 0.15) is 0 Å². The van der Waals surface area contributed by atoms with Gasteiger partial charge in [0, 0.05) is 24.7 Å². The molecule has 0 radical (unpaired) electrons. The number of hydrogen-bond acceptors (Lipinski definition) is 2. The third kappa shape index (κ3) is 4.88. The summed E-state index contributed by atoms with van der Waals surface area (Å²) in [6.07, 6.45) is -1.96. The summed E-state index contributed by atoms with van der Waals surface area (Å²) in [5.74, 6) is 0.203. The first-order valence-electron chi connectivity index (χ1n) is 8.29. The van der Waals surface area contributed by atoms with Crippen LogP contribution in [0.3, 0.4) is 0 Å². The Hall–Kier alpha value is -1.80. The number of benzene rings is 1. The van der Waals surface area contributed by atoms with E-state index >= 15 is 0 Å². The number of thiocarbonyl (C=S) groups is 1. The molecule has 1 aliphatic carbocycles. The second-order valence-electron chi connectivity index (χ2n) is 6.16. The standard InChI is InChI=1S/C17H18ClF3N4S/c18-12-4-1-2-5-13(12)23-16(26)22-8-3-9-25-14(11-6-7-11)10-15(24-25)17(19,20)21/h1-2,4-5,10-11H,3,6-9H2,(H2,22,23,26). The maximum Gasteiger partial charge on any atom is 0.435 e. The van der Waals surface area contributed by atoms with Gasteiger partial charge in [0.2, 0.25) is 0 Å². The molecule has 4 nitrogen and oxygen atoms in total. The number of aromatic nitrogens is 2. The Bertz CT molecular complexity index is 787. The molecule has 1 aromatic heterocycles. The number of halogens is 4. The predicted molar refractivity (Wildman–Crippen MR) is 99.5 cm³/mol. The van der Waals surface area contributed by atoms with Crippen LogP contribution in [0.2, 0.25) is 5.02 Å². The van der Waals surface area contributed by atoms with Crippen molar-refractivity contribution in [2.24, 2.45) is 0 Å². The summed E-state index contributed by atoms with van der Waals surface area (Å²) in [6, 6.07) is 8.39. The topological polar surface area (TPSA) is 41.9 Å². The number of rotatable bonds is 6. The third-order valence-electron chi connectivity index (χ3n) is 4.05. The summed E-state index contributed by atoms with van der Waals surface area (Å²) < 4.78 is 40.1. The lowest BCUT2D eigenvalue weighted by Gasteiger charge is -2.12. The van der Waals surface area contributed by atoms with E-state index < -0.39 is 11.9 Å². The Kier molecular flexibility index (Phi) is 5.72. The molecular formula is C17H18ClF3N4S. The van der Waals surface area contributed by atoms with Gasteiger partial charge in [-0.3, -0.25) is 4.68 Å². The van der Waals surface area contributed by atoms with E-state index in [2.05, 4.69) is 15.7 Å². The molecule has 0 amide bonds. The minimum Gasteiger partial charge on any atom is -0.362 e. The molecule has 1 saturated carbocycles. The van der Waals surface area contributed by atoms with E-state index in [1.807, 2.05) is 12.1 Å². The normalized spacial score (nSPS) is 14.3. The number of para-hydroxylation sites is 1. The molecular weight excluding hydrogens is 385 g/mol. The molecule has 1 heterocycles. The van der Waals surface area contributed by atoms with Crippen molar-refractivity contribution in [1.29, 1.82) is 0 Å². The Balaban J connectivity index is 1.50. The quantitative estimate of drug-likeness (QED) is 0.537. The second-order valence-corrected chi connectivity index (χ2v) is 6.98. The van der Waals surface area contributed by atoms with Crippen molar-refractivity contribution in [2.75, 3.05) is 11.9 Å². The molecule has 2 N–H and O–H groups in total. The van der Waals surface area contributed by atoms with Gasteiger partial charge in [0.25, 0.3) is 0 Å². The number of aryl methyl sites for hydroxylation is 1. The molecule has 0 bridgehead atoms. The molecule has 2 aromatic rings. The lowest BCUT2D eigenvalue weighted by molar-refractivity contribution is -0.141. The average Bonchev–Trinajstić information content (AvgIpc) is 3.32. The molecule has 9 heteroatoms. The molecule has 1 aromatic carbocycles. The summed E-state index contributed by atoms with van der Waals surface area (Å²) >= 11 is 11.3. The van der Waals surface area contributed by atoms with Crippen molar-refractivity contribution >= 4 is 34.6 Å². The van der Waals surface area contributed by atoms with Crippen LogP contribution in [0, 0.1) is 0 Å². The zero-order valence-corrected chi connectivity index (χ0v) is 15.4. The third-order valence-corrected chi connectivity index (χ3v) is 4.63. The number of nitrogens with zero attached hydrogens (tertiary/aromatic N) is 2. The summed E-state index contributed by atoms with van der Waals surface area (Å²) in [5.41, 5.74) is 0.557. The van der Waals surface area contributed by atoms with Crippen LogP contribution in [0.4, 0.5) is 18.9 Å². The Morgan fingerprint density at radius 1 is 1.31 bits per heavy atom. The van der Waals surface area contributed by atoms with E-state index in [0.717, 1.165) is 12.8 Å². The molecule has 0 saturated heterocycles. The highest BCUT2D eigenvalue weighted by Gasteiger charge is 2.37. The molecule has 1 fully saturated rings. The Morgan fingerprint density at radius 3 is 2.69 bits per heavy atom. The highest BCUT2D eigenvalue weighted by atomic mass is 35.5. The monoisotopic (exact) mass is 402 g/mol. The first-order chi connectivity index (χ1) is 12.3. The number of hydrogen-bond donors (Lipinski definition) is 2. The fraction of sp³-hybridized carbons (Fsp3) is 0.412. The van der Waals surface area contributed by atoms with Gasteiger partial charge in [0.05, 0.1) is 10.7 Å². The average molecular weight is 403 g/mol. The summed E-state index contributed by atoms with van der Waals surface area (Å²) in [6.45, 7) is 0.922. The number of alkyl halides is 3. The van der Waals surface area contributed by atoms with Crippen LogP contribution < -0.4 is 10.6 Å². The zero-order chi connectivity index (χ0) is 18.7. The first kappa shape index (κ1) is 19.0. The van der Waals surface area contributed by atoms with Gasteiger partial charge in [-0.25, -0.2) is 0 Å².